The van der Waals surface area contributed by atoms with Gasteiger partial charge in [0, 0.05) is 12.8 Å². The maximum Gasteiger partial charge on any atom is 0.0995 e. The summed E-state index contributed by atoms with van der Waals surface area (Å²) in [4.78, 5) is 0. The van der Waals surface area contributed by atoms with Gasteiger partial charge >= 0.3 is 0 Å². The van der Waals surface area contributed by atoms with Crippen molar-refractivity contribution in [2.75, 3.05) is 0 Å². The summed E-state index contributed by atoms with van der Waals surface area (Å²) in [5.41, 5.74) is 5.84. The van der Waals surface area contributed by atoms with E-state index in [0.29, 0.717) is 0 Å². The fourth-order valence-electron chi connectivity index (χ4n) is 0.265. The summed E-state index contributed by atoms with van der Waals surface area (Å²) in [5, 5.41) is 0. The smallest absolute Gasteiger partial charge is 0.0975 e. The van der Waals surface area contributed by atoms with E-state index in [4.69, 9.17) is 0 Å². The van der Waals surface area contributed by atoms with E-state index in [1.54, 1.807) is 0 Å². The highest BCUT2D eigenvalue weighted by atomic mass is 31.1. The van der Waals surface area contributed by atoms with Crippen LogP contribution >= 0.6 is 8.58 Å². The highest BCUT2D eigenvalue weighted by molar-refractivity contribution is 7.49. The Kier molecular flexibility index (Phi) is 7.17. The minimum Gasteiger partial charge on any atom is -0.0975 e. The standard InChI is InChI=1S/C8H10P/c1-3-5-7-9-8-6-4-2/h3-4H2,1-2H3. The summed E-state index contributed by atoms with van der Waals surface area (Å²) in [6.07, 6.45) is 1.86. The van der Waals surface area contributed by atoms with E-state index >= 15 is 0 Å². The molecular formula is C8H10P. The molecule has 0 fully saturated rings. The Bertz CT molecular complexity index is 140. The molecule has 0 aliphatic rings. The van der Waals surface area contributed by atoms with Gasteiger partial charge in [0.2, 0.25) is 0 Å². The number of hydrogen-bond acceptors (Lipinski definition) is 0. The largest absolute Gasteiger partial charge is 0.0995 e. The van der Waals surface area contributed by atoms with Crippen LogP contribution in [0.15, 0.2) is 0 Å². The molecule has 0 unspecified atom stereocenters. The first-order valence-electron chi connectivity index (χ1n) is 3.07. The lowest BCUT2D eigenvalue weighted by Gasteiger charge is -1.68. The van der Waals surface area contributed by atoms with E-state index in [0.717, 1.165) is 21.4 Å². The predicted molar refractivity (Wildman–Crippen MR) is 43.1 cm³/mol. The molecule has 0 spiro atoms. The van der Waals surface area contributed by atoms with Gasteiger partial charge in [0.1, 0.15) is 0 Å². The van der Waals surface area contributed by atoms with Crippen LogP contribution in [-0.2, 0) is 0 Å². The molecule has 0 saturated heterocycles. The van der Waals surface area contributed by atoms with Crippen molar-refractivity contribution in [1.82, 2.24) is 0 Å². The van der Waals surface area contributed by atoms with Crippen LogP contribution in [0.25, 0.3) is 0 Å². The maximum atomic E-state index is 2.94. The SMILES string of the molecule is CCC#C[P]C#CCC. The molecule has 0 heterocycles. The third-order valence-electron chi connectivity index (χ3n) is 0.623. The van der Waals surface area contributed by atoms with Gasteiger partial charge in [-0.05, 0) is 0 Å². The second-order valence-corrected chi connectivity index (χ2v) is 2.07. The van der Waals surface area contributed by atoms with Crippen molar-refractivity contribution in [2.24, 2.45) is 0 Å². The Hall–Kier alpha value is -0.450. The summed E-state index contributed by atoms with van der Waals surface area (Å²) in [5.74, 6) is 5.88. The highest BCUT2D eigenvalue weighted by Gasteiger charge is 1.66. The van der Waals surface area contributed by atoms with Crippen molar-refractivity contribution in [3.63, 3.8) is 0 Å². The molecule has 0 aromatic rings. The third kappa shape index (κ3) is 7.55. The van der Waals surface area contributed by atoms with Gasteiger partial charge in [-0.2, -0.15) is 0 Å². The molecule has 0 aromatic heterocycles. The van der Waals surface area contributed by atoms with Crippen LogP contribution in [0, 0.1) is 23.2 Å². The molecule has 1 heteroatoms. The van der Waals surface area contributed by atoms with Crippen LogP contribution in [0.3, 0.4) is 0 Å². The normalized spacial score (nSPS) is 6.44. The van der Waals surface area contributed by atoms with Gasteiger partial charge < -0.3 is 0 Å². The van der Waals surface area contributed by atoms with E-state index in [2.05, 4.69) is 23.2 Å². The summed E-state index contributed by atoms with van der Waals surface area (Å²) >= 11 is 0. The van der Waals surface area contributed by atoms with Crippen LogP contribution in [-0.4, -0.2) is 0 Å². The molecule has 0 bridgehead atoms. The molecule has 47 valence electrons. The minimum absolute atomic E-state index is 0.931. The zero-order chi connectivity index (χ0) is 6.95. The van der Waals surface area contributed by atoms with E-state index in [1.165, 1.54) is 0 Å². The van der Waals surface area contributed by atoms with Gasteiger partial charge in [-0.25, -0.2) is 0 Å². The average molecular weight is 137 g/mol. The summed E-state index contributed by atoms with van der Waals surface area (Å²) in [7, 11) is 0.952. The van der Waals surface area contributed by atoms with Crippen LogP contribution < -0.4 is 0 Å². The molecule has 0 aliphatic heterocycles. The topological polar surface area (TPSA) is 0 Å². The van der Waals surface area contributed by atoms with E-state index in [9.17, 15) is 0 Å². The number of rotatable bonds is 0. The lowest BCUT2D eigenvalue weighted by Crippen LogP contribution is -1.49. The van der Waals surface area contributed by atoms with Crippen LogP contribution in [0.5, 0.6) is 0 Å². The second-order valence-electron chi connectivity index (χ2n) is 1.40. The van der Waals surface area contributed by atoms with Crippen LogP contribution in [0.1, 0.15) is 26.7 Å². The molecule has 9 heavy (non-hydrogen) atoms. The van der Waals surface area contributed by atoms with Crippen molar-refractivity contribution in [2.45, 2.75) is 26.7 Å². The quantitative estimate of drug-likeness (QED) is 0.355. The lowest BCUT2D eigenvalue weighted by atomic mass is 10.5. The fraction of sp³-hybridized carbons (Fsp3) is 0.500. The highest BCUT2D eigenvalue weighted by Crippen LogP contribution is 2.01. The number of hydrogen-bond donors (Lipinski definition) is 0. The molecule has 0 rings (SSSR count). The average Bonchev–Trinajstić information content (AvgIpc) is 1.89. The first-order valence-corrected chi connectivity index (χ1v) is 3.96. The van der Waals surface area contributed by atoms with E-state index in [1.807, 2.05) is 13.8 Å². The second kappa shape index (κ2) is 7.55. The molecule has 0 aliphatic carbocycles. The first-order chi connectivity index (χ1) is 4.41. The molecule has 1 radical (unpaired) electrons. The summed E-state index contributed by atoms with van der Waals surface area (Å²) < 4.78 is 0. The van der Waals surface area contributed by atoms with E-state index < -0.39 is 0 Å². The Morgan fingerprint density at radius 3 is 1.78 bits per heavy atom. The van der Waals surface area contributed by atoms with Crippen molar-refractivity contribution < 1.29 is 0 Å². The van der Waals surface area contributed by atoms with Crippen molar-refractivity contribution in [3.8, 4) is 23.2 Å². The van der Waals surface area contributed by atoms with Gasteiger partial charge in [-0.15, -0.1) is 0 Å². The van der Waals surface area contributed by atoms with Gasteiger partial charge in [-0.3, -0.25) is 0 Å². The molecule has 0 nitrogen and oxygen atoms in total. The zero-order valence-corrected chi connectivity index (χ0v) is 6.76. The van der Waals surface area contributed by atoms with Gasteiger partial charge in [0.15, 0.2) is 0 Å². The Balaban J connectivity index is 3.28. The third-order valence-corrected chi connectivity index (χ3v) is 1.16. The van der Waals surface area contributed by atoms with Gasteiger partial charge in [0.25, 0.3) is 0 Å². The zero-order valence-electron chi connectivity index (χ0n) is 5.86. The van der Waals surface area contributed by atoms with Gasteiger partial charge in [0.05, 0.1) is 8.58 Å². The molecule has 0 N–H and O–H groups in total. The summed E-state index contributed by atoms with van der Waals surface area (Å²) in [6, 6.07) is 0. The Morgan fingerprint density at radius 2 is 1.44 bits per heavy atom. The molecule has 0 saturated carbocycles. The van der Waals surface area contributed by atoms with Crippen LogP contribution in [0.2, 0.25) is 0 Å². The fourth-order valence-corrected chi connectivity index (χ4v) is 0.795. The Labute approximate surface area is 59.2 Å². The van der Waals surface area contributed by atoms with Crippen molar-refractivity contribution in [1.29, 1.82) is 0 Å². The van der Waals surface area contributed by atoms with Gasteiger partial charge in [-0.1, -0.05) is 37.0 Å². The van der Waals surface area contributed by atoms with Crippen molar-refractivity contribution >= 4 is 8.58 Å². The van der Waals surface area contributed by atoms with E-state index in [-0.39, 0.29) is 0 Å². The predicted octanol–water partition coefficient (Wildman–Crippen LogP) is 2.67. The monoisotopic (exact) mass is 137 g/mol. The maximum absolute atomic E-state index is 2.94. The molecule has 0 atom stereocenters. The minimum atomic E-state index is 0.931. The van der Waals surface area contributed by atoms with Crippen LogP contribution in [0.4, 0.5) is 0 Å². The summed E-state index contributed by atoms with van der Waals surface area (Å²) in [6.45, 7) is 4.07. The first kappa shape index (κ1) is 8.55. The molecular weight excluding hydrogens is 127 g/mol. The van der Waals surface area contributed by atoms with Crippen molar-refractivity contribution in [3.05, 3.63) is 0 Å². The lowest BCUT2D eigenvalue weighted by molar-refractivity contribution is 1.28. The molecule has 0 amide bonds. The Morgan fingerprint density at radius 1 is 1.00 bits per heavy atom. The molecule has 0 aromatic carbocycles.